The van der Waals surface area contributed by atoms with Crippen molar-refractivity contribution in [3.63, 3.8) is 0 Å². The van der Waals surface area contributed by atoms with Crippen LogP contribution < -0.4 is 5.32 Å². The summed E-state index contributed by atoms with van der Waals surface area (Å²) in [5, 5.41) is 21.3. The smallest absolute Gasteiger partial charge is 0.0992 e. The summed E-state index contributed by atoms with van der Waals surface area (Å²) in [5.74, 6) is 0. The monoisotopic (exact) mass is 243 g/mol. The molecule has 0 aliphatic rings. The first kappa shape index (κ1) is 12.7. The van der Waals surface area contributed by atoms with Crippen molar-refractivity contribution in [1.82, 2.24) is 15.5 Å². The second kappa shape index (κ2) is 5.71. The van der Waals surface area contributed by atoms with Gasteiger partial charge in [-0.3, -0.25) is 0 Å². The van der Waals surface area contributed by atoms with Crippen molar-refractivity contribution in [3.05, 3.63) is 59.9 Å². The molecule has 0 saturated heterocycles. The number of hydrogen-bond acceptors (Lipinski definition) is 4. The van der Waals surface area contributed by atoms with E-state index < -0.39 is 5.60 Å². The first-order chi connectivity index (χ1) is 8.68. The molecule has 1 aromatic heterocycles. The molecule has 2 aromatic rings. The van der Waals surface area contributed by atoms with Crippen LogP contribution in [0.1, 0.15) is 18.2 Å². The Morgan fingerprint density at radius 1 is 1.17 bits per heavy atom. The Morgan fingerprint density at radius 2 is 1.94 bits per heavy atom. The van der Waals surface area contributed by atoms with Crippen molar-refractivity contribution in [3.8, 4) is 0 Å². The minimum absolute atomic E-state index is 0.466. The van der Waals surface area contributed by atoms with E-state index in [9.17, 15) is 5.11 Å². The maximum absolute atomic E-state index is 10.4. The van der Waals surface area contributed by atoms with E-state index in [-0.39, 0.29) is 0 Å². The maximum Gasteiger partial charge on any atom is 0.0992 e. The van der Waals surface area contributed by atoms with Crippen molar-refractivity contribution in [1.29, 1.82) is 0 Å². The van der Waals surface area contributed by atoms with Gasteiger partial charge >= 0.3 is 0 Å². The molecule has 18 heavy (non-hydrogen) atoms. The molecule has 0 radical (unpaired) electrons. The van der Waals surface area contributed by atoms with Gasteiger partial charge in [-0.05, 0) is 24.6 Å². The van der Waals surface area contributed by atoms with E-state index in [1.54, 1.807) is 13.1 Å². The van der Waals surface area contributed by atoms with Gasteiger partial charge in [-0.1, -0.05) is 30.3 Å². The van der Waals surface area contributed by atoms with Gasteiger partial charge in [0, 0.05) is 19.3 Å². The van der Waals surface area contributed by atoms with E-state index in [2.05, 4.69) is 15.5 Å². The van der Waals surface area contributed by atoms with E-state index >= 15 is 0 Å². The van der Waals surface area contributed by atoms with Crippen LogP contribution in [-0.2, 0) is 12.1 Å². The first-order valence-corrected chi connectivity index (χ1v) is 5.94. The number of aliphatic hydroxyl groups is 1. The van der Waals surface area contributed by atoms with Gasteiger partial charge < -0.3 is 10.4 Å². The van der Waals surface area contributed by atoms with Crippen LogP contribution in [-0.4, -0.2) is 21.8 Å². The number of aromatic nitrogens is 2. The molecule has 2 N–H and O–H groups in total. The molecule has 1 unspecified atom stereocenters. The quantitative estimate of drug-likeness (QED) is 0.835. The van der Waals surface area contributed by atoms with Crippen LogP contribution in [0.5, 0.6) is 0 Å². The van der Waals surface area contributed by atoms with Crippen LogP contribution in [0.3, 0.4) is 0 Å². The van der Waals surface area contributed by atoms with E-state index in [0.29, 0.717) is 13.1 Å². The third kappa shape index (κ3) is 3.35. The van der Waals surface area contributed by atoms with Crippen molar-refractivity contribution >= 4 is 0 Å². The third-order valence-corrected chi connectivity index (χ3v) is 2.80. The Morgan fingerprint density at radius 3 is 2.61 bits per heavy atom. The highest BCUT2D eigenvalue weighted by Crippen LogP contribution is 2.18. The zero-order chi connectivity index (χ0) is 12.8. The molecule has 0 bridgehead atoms. The highest BCUT2D eigenvalue weighted by Gasteiger charge is 2.21. The van der Waals surface area contributed by atoms with Crippen LogP contribution in [0.2, 0.25) is 0 Å². The lowest BCUT2D eigenvalue weighted by Gasteiger charge is -2.24. The standard InChI is InChI=1S/C14H17N3O/c1-14(18,12-6-3-2-4-7-12)11-15-10-13-8-5-9-16-17-13/h2-9,15,18H,10-11H2,1H3. The van der Waals surface area contributed by atoms with Crippen LogP contribution in [0.15, 0.2) is 48.7 Å². The van der Waals surface area contributed by atoms with Crippen molar-refractivity contribution in [2.24, 2.45) is 0 Å². The lowest BCUT2D eigenvalue weighted by Crippen LogP contribution is -2.35. The molecule has 4 nitrogen and oxygen atoms in total. The lowest BCUT2D eigenvalue weighted by molar-refractivity contribution is 0.0566. The van der Waals surface area contributed by atoms with E-state index in [1.807, 2.05) is 42.5 Å². The lowest BCUT2D eigenvalue weighted by atomic mass is 9.96. The highest BCUT2D eigenvalue weighted by atomic mass is 16.3. The highest BCUT2D eigenvalue weighted by molar-refractivity contribution is 5.21. The second-order valence-electron chi connectivity index (χ2n) is 4.46. The predicted octanol–water partition coefficient (Wildman–Crippen LogP) is 1.47. The van der Waals surface area contributed by atoms with E-state index in [0.717, 1.165) is 11.3 Å². The molecule has 94 valence electrons. The SMILES string of the molecule is CC(O)(CNCc1cccnn1)c1ccccc1. The molecule has 1 aromatic carbocycles. The zero-order valence-corrected chi connectivity index (χ0v) is 10.4. The van der Waals surface area contributed by atoms with Gasteiger partial charge in [0.15, 0.2) is 0 Å². The molecule has 0 spiro atoms. The van der Waals surface area contributed by atoms with Gasteiger partial charge in [0.05, 0.1) is 11.3 Å². The topological polar surface area (TPSA) is 58.0 Å². The van der Waals surface area contributed by atoms with Gasteiger partial charge in [0.1, 0.15) is 0 Å². The fourth-order valence-electron chi connectivity index (χ4n) is 1.76. The molecule has 0 aliphatic carbocycles. The average molecular weight is 243 g/mol. The minimum Gasteiger partial charge on any atom is -0.384 e. The molecule has 0 saturated carbocycles. The number of nitrogens with one attached hydrogen (secondary N) is 1. The number of nitrogens with zero attached hydrogens (tertiary/aromatic N) is 2. The van der Waals surface area contributed by atoms with Gasteiger partial charge in [0.2, 0.25) is 0 Å². The molecular formula is C14H17N3O. The zero-order valence-electron chi connectivity index (χ0n) is 10.4. The average Bonchev–Trinajstić information content (AvgIpc) is 2.41. The molecule has 1 heterocycles. The summed E-state index contributed by atoms with van der Waals surface area (Å²) >= 11 is 0. The summed E-state index contributed by atoms with van der Waals surface area (Å²) in [6, 6.07) is 13.4. The van der Waals surface area contributed by atoms with Gasteiger partial charge in [0.25, 0.3) is 0 Å². The summed E-state index contributed by atoms with van der Waals surface area (Å²) in [6.45, 7) is 2.86. The van der Waals surface area contributed by atoms with Crippen LogP contribution in [0.4, 0.5) is 0 Å². The summed E-state index contributed by atoms with van der Waals surface area (Å²) in [6.07, 6.45) is 1.64. The largest absolute Gasteiger partial charge is 0.384 e. The van der Waals surface area contributed by atoms with Crippen molar-refractivity contribution < 1.29 is 5.11 Å². The van der Waals surface area contributed by atoms with Gasteiger partial charge in [-0.15, -0.1) is 0 Å². The van der Waals surface area contributed by atoms with Crippen LogP contribution in [0, 0.1) is 0 Å². The molecule has 0 aliphatic heterocycles. The fourth-order valence-corrected chi connectivity index (χ4v) is 1.76. The first-order valence-electron chi connectivity index (χ1n) is 5.94. The summed E-state index contributed by atoms with van der Waals surface area (Å²) in [5.41, 5.74) is 0.877. The molecule has 2 rings (SSSR count). The van der Waals surface area contributed by atoms with Crippen LogP contribution in [0.25, 0.3) is 0 Å². The number of hydrogen-bond donors (Lipinski definition) is 2. The van der Waals surface area contributed by atoms with Crippen molar-refractivity contribution in [2.75, 3.05) is 6.54 Å². The summed E-state index contributed by atoms with van der Waals surface area (Å²) in [7, 11) is 0. The van der Waals surface area contributed by atoms with Crippen molar-refractivity contribution in [2.45, 2.75) is 19.1 Å². The minimum atomic E-state index is -0.885. The Hall–Kier alpha value is -1.78. The summed E-state index contributed by atoms with van der Waals surface area (Å²) < 4.78 is 0. The fraction of sp³-hybridized carbons (Fsp3) is 0.286. The Kier molecular flexibility index (Phi) is 4.02. The second-order valence-corrected chi connectivity index (χ2v) is 4.46. The Balaban J connectivity index is 1.90. The maximum atomic E-state index is 10.4. The third-order valence-electron chi connectivity index (χ3n) is 2.80. The number of benzene rings is 1. The normalized spacial score (nSPS) is 14.1. The van der Waals surface area contributed by atoms with E-state index in [1.165, 1.54) is 0 Å². The Labute approximate surface area is 107 Å². The van der Waals surface area contributed by atoms with E-state index in [4.69, 9.17) is 0 Å². The summed E-state index contributed by atoms with van der Waals surface area (Å²) in [4.78, 5) is 0. The number of rotatable bonds is 5. The molecule has 0 fully saturated rings. The molecule has 4 heteroatoms. The predicted molar refractivity (Wildman–Crippen MR) is 69.8 cm³/mol. The molecule has 1 atom stereocenters. The molecule has 0 amide bonds. The van der Waals surface area contributed by atoms with Gasteiger partial charge in [-0.2, -0.15) is 10.2 Å². The van der Waals surface area contributed by atoms with Crippen LogP contribution >= 0.6 is 0 Å². The molecular weight excluding hydrogens is 226 g/mol. The Bertz CT molecular complexity index is 471. The van der Waals surface area contributed by atoms with Gasteiger partial charge in [-0.25, -0.2) is 0 Å².